The maximum Gasteiger partial charge on any atom is 0.146 e. The normalized spacial score (nSPS) is 10.2. The largest absolute Gasteiger partial charge is 0.497 e. The van der Waals surface area contributed by atoms with Crippen LogP contribution in [-0.2, 0) is 0 Å². The van der Waals surface area contributed by atoms with Gasteiger partial charge in [0.25, 0.3) is 0 Å². The second kappa shape index (κ2) is 5.79. The van der Waals surface area contributed by atoms with Crippen LogP contribution in [0.2, 0.25) is 5.02 Å². The topological polar surface area (TPSA) is 68.3 Å². The summed E-state index contributed by atoms with van der Waals surface area (Å²) < 4.78 is 23.7. The van der Waals surface area contributed by atoms with E-state index in [9.17, 15) is 4.39 Å². The predicted octanol–water partition coefficient (Wildman–Crippen LogP) is 3.56. The Balaban J connectivity index is 2.43. The Kier molecular flexibility index (Phi) is 4.10. The van der Waals surface area contributed by atoms with Crippen LogP contribution in [0.3, 0.4) is 0 Å². The van der Waals surface area contributed by atoms with Crippen LogP contribution in [0.15, 0.2) is 36.4 Å². The molecule has 0 radical (unpaired) electrons. The van der Waals surface area contributed by atoms with Crippen molar-refractivity contribution in [1.29, 1.82) is 5.41 Å². The summed E-state index contributed by atoms with van der Waals surface area (Å²) in [6.07, 6.45) is 0. The number of halogens is 2. The SMILES string of the molecule is COc1ccc(C(=N)N)c(Oc2ccc(F)cc2Cl)c1. The van der Waals surface area contributed by atoms with E-state index in [-0.39, 0.29) is 16.6 Å². The number of hydrogen-bond acceptors (Lipinski definition) is 3. The fourth-order valence-corrected chi connectivity index (χ4v) is 1.82. The number of methoxy groups -OCH3 is 1. The summed E-state index contributed by atoms with van der Waals surface area (Å²) in [7, 11) is 1.51. The molecule has 0 bridgehead atoms. The monoisotopic (exact) mass is 294 g/mol. The third-order valence-electron chi connectivity index (χ3n) is 2.59. The quantitative estimate of drug-likeness (QED) is 0.669. The predicted molar refractivity (Wildman–Crippen MR) is 75.5 cm³/mol. The number of nitrogen functional groups attached to an aromatic ring is 1. The first-order valence-electron chi connectivity index (χ1n) is 5.66. The highest BCUT2D eigenvalue weighted by Gasteiger charge is 2.12. The molecule has 0 fully saturated rings. The van der Waals surface area contributed by atoms with Crippen molar-refractivity contribution >= 4 is 17.4 Å². The van der Waals surface area contributed by atoms with Crippen molar-refractivity contribution in [2.45, 2.75) is 0 Å². The second-order valence-electron chi connectivity index (χ2n) is 3.95. The lowest BCUT2D eigenvalue weighted by Gasteiger charge is -2.12. The standard InChI is InChI=1S/C14H12ClFN2O2/c1-19-9-3-4-10(14(17)18)13(7-9)20-12-5-2-8(16)6-11(12)15/h2-7H,1H3,(H3,17,18). The van der Waals surface area contributed by atoms with Crippen LogP contribution >= 0.6 is 11.6 Å². The summed E-state index contributed by atoms with van der Waals surface area (Å²) in [6.45, 7) is 0. The van der Waals surface area contributed by atoms with Crippen molar-refractivity contribution in [2.75, 3.05) is 7.11 Å². The van der Waals surface area contributed by atoms with Gasteiger partial charge in [-0.25, -0.2) is 4.39 Å². The Morgan fingerprint density at radius 1 is 1.20 bits per heavy atom. The fraction of sp³-hybridized carbons (Fsp3) is 0.0714. The lowest BCUT2D eigenvalue weighted by molar-refractivity contribution is 0.409. The molecule has 0 saturated heterocycles. The Morgan fingerprint density at radius 3 is 2.55 bits per heavy atom. The van der Waals surface area contributed by atoms with E-state index < -0.39 is 5.82 Å². The molecule has 0 atom stereocenters. The summed E-state index contributed by atoms with van der Waals surface area (Å²) in [5, 5.41) is 7.65. The minimum atomic E-state index is -0.459. The average molecular weight is 295 g/mol. The highest BCUT2D eigenvalue weighted by Crippen LogP contribution is 2.33. The van der Waals surface area contributed by atoms with E-state index in [0.29, 0.717) is 17.1 Å². The Hall–Kier alpha value is -2.27. The highest BCUT2D eigenvalue weighted by molar-refractivity contribution is 6.32. The van der Waals surface area contributed by atoms with Crippen molar-refractivity contribution in [1.82, 2.24) is 0 Å². The maximum absolute atomic E-state index is 13.0. The molecule has 4 nitrogen and oxygen atoms in total. The molecule has 2 aromatic carbocycles. The van der Waals surface area contributed by atoms with Crippen LogP contribution in [0.25, 0.3) is 0 Å². The molecule has 6 heteroatoms. The Labute approximate surface area is 120 Å². The van der Waals surface area contributed by atoms with Crippen LogP contribution < -0.4 is 15.2 Å². The average Bonchev–Trinajstić information content (AvgIpc) is 2.41. The van der Waals surface area contributed by atoms with Gasteiger partial charge in [-0.2, -0.15) is 0 Å². The van der Waals surface area contributed by atoms with Gasteiger partial charge in [0, 0.05) is 6.07 Å². The molecule has 0 aromatic heterocycles. The molecule has 3 N–H and O–H groups in total. The zero-order chi connectivity index (χ0) is 14.7. The smallest absolute Gasteiger partial charge is 0.146 e. The van der Waals surface area contributed by atoms with Gasteiger partial charge >= 0.3 is 0 Å². The van der Waals surface area contributed by atoms with E-state index in [4.69, 9.17) is 32.2 Å². The molecule has 0 aliphatic rings. The zero-order valence-corrected chi connectivity index (χ0v) is 11.4. The molecule has 0 spiro atoms. The lowest BCUT2D eigenvalue weighted by Crippen LogP contribution is -2.12. The van der Waals surface area contributed by atoms with Crippen LogP contribution in [0.1, 0.15) is 5.56 Å². The first-order valence-corrected chi connectivity index (χ1v) is 6.04. The summed E-state index contributed by atoms with van der Waals surface area (Å²) >= 11 is 5.90. The van der Waals surface area contributed by atoms with E-state index in [1.54, 1.807) is 18.2 Å². The molecule has 0 unspecified atom stereocenters. The van der Waals surface area contributed by atoms with Gasteiger partial charge < -0.3 is 15.2 Å². The van der Waals surface area contributed by atoms with Gasteiger partial charge in [0.05, 0.1) is 17.7 Å². The van der Waals surface area contributed by atoms with Gasteiger partial charge in [-0.05, 0) is 30.3 Å². The molecular formula is C14H12ClFN2O2. The van der Waals surface area contributed by atoms with Crippen LogP contribution in [0.5, 0.6) is 17.2 Å². The van der Waals surface area contributed by atoms with Gasteiger partial charge in [-0.3, -0.25) is 5.41 Å². The third kappa shape index (κ3) is 3.00. The fourth-order valence-electron chi connectivity index (χ4n) is 1.61. The van der Waals surface area contributed by atoms with E-state index in [1.807, 2.05) is 0 Å². The van der Waals surface area contributed by atoms with Crippen LogP contribution in [-0.4, -0.2) is 12.9 Å². The third-order valence-corrected chi connectivity index (χ3v) is 2.89. The zero-order valence-electron chi connectivity index (χ0n) is 10.6. The van der Waals surface area contributed by atoms with Crippen molar-refractivity contribution in [3.05, 3.63) is 52.8 Å². The first-order chi connectivity index (χ1) is 9.51. The number of benzene rings is 2. The lowest BCUT2D eigenvalue weighted by atomic mass is 10.1. The Bertz CT molecular complexity index is 662. The van der Waals surface area contributed by atoms with E-state index in [1.165, 1.54) is 19.2 Å². The molecule has 0 aliphatic heterocycles. The van der Waals surface area contributed by atoms with Crippen molar-refractivity contribution in [2.24, 2.45) is 5.73 Å². The number of ether oxygens (including phenoxy) is 2. The van der Waals surface area contributed by atoms with Gasteiger partial charge in [0.2, 0.25) is 0 Å². The molecule has 0 aliphatic carbocycles. The minimum absolute atomic E-state index is 0.127. The molecular weight excluding hydrogens is 283 g/mol. The number of amidine groups is 1. The van der Waals surface area contributed by atoms with Crippen LogP contribution in [0.4, 0.5) is 4.39 Å². The number of nitrogens with one attached hydrogen (secondary N) is 1. The minimum Gasteiger partial charge on any atom is -0.497 e. The molecule has 0 heterocycles. The number of rotatable bonds is 4. The molecule has 0 amide bonds. The molecule has 0 saturated carbocycles. The Morgan fingerprint density at radius 2 is 1.95 bits per heavy atom. The summed E-state index contributed by atoms with van der Waals surface area (Å²) in [5.74, 6) is 0.512. The van der Waals surface area contributed by atoms with Crippen molar-refractivity contribution in [3.8, 4) is 17.2 Å². The van der Waals surface area contributed by atoms with Crippen molar-refractivity contribution < 1.29 is 13.9 Å². The van der Waals surface area contributed by atoms with Gasteiger partial charge in [0.15, 0.2) is 0 Å². The summed E-state index contributed by atoms with van der Waals surface area (Å²) in [4.78, 5) is 0. The van der Waals surface area contributed by atoms with Gasteiger partial charge in [-0.15, -0.1) is 0 Å². The van der Waals surface area contributed by atoms with E-state index in [0.717, 1.165) is 6.07 Å². The van der Waals surface area contributed by atoms with E-state index >= 15 is 0 Å². The molecule has 20 heavy (non-hydrogen) atoms. The highest BCUT2D eigenvalue weighted by atomic mass is 35.5. The van der Waals surface area contributed by atoms with Gasteiger partial charge in [0.1, 0.15) is 28.9 Å². The van der Waals surface area contributed by atoms with E-state index in [2.05, 4.69) is 0 Å². The van der Waals surface area contributed by atoms with Gasteiger partial charge in [-0.1, -0.05) is 11.6 Å². The summed E-state index contributed by atoms with van der Waals surface area (Å²) in [5.41, 5.74) is 5.89. The molecule has 2 rings (SSSR count). The van der Waals surface area contributed by atoms with Crippen molar-refractivity contribution in [3.63, 3.8) is 0 Å². The maximum atomic E-state index is 13.0. The summed E-state index contributed by atoms with van der Waals surface area (Å²) in [6, 6.07) is 8.63. The number of hydrogen-bond donors (Lipinski definition) is 2. The second-order valence-corrected chi connectivity index (χ2v) is 4.36. The molecule has 2 aromatic rings. The first kappa shape index (κ1) is 14.1. The van der Waals surface area contributed by atoms with Crippen LogP contribution in [0, 0.1) is 11.2 Å². The molecule has 104 valence electrons. The number of nitrogens with two attached hydrogens (primary N) is 1.